The molecule has 1 aromatic carbocycles. The molecule has 1 aromatic rings. The number of amides is 1. The van der Waals surface area contributed by atoms with Gasteiger partial charge in [0.05, 0.1) is 6.42 Å². The predicted octanol–water partition coefficient (Wildman–Crippen LogP) is 0.866. The number of carbonyl (C=O) groups excluding carboxylic acids is 1. The Morgan fingerprint density at radius 1 is 1.40 bits per heavy atom. The summed E-state index contributed by atoms with van der Waals surface area (Å²) in [6.45, 7) is 3.91. The van der Waals surface area contributed by atoms with E-state index in [1.54, 1.807) is 24.3 Å². The fraction of sp³-hybridized carbons (Fsp3) is 0.429. The molecular formula is C14H21N3O3. The summed E-state index contributed by atoms with van der Waals surface area (Å²) in [5.74, 6) is 0.0231. The molecule has 0 aliphatic carbocycles. The van der Waals surface area contributed by atoms with E-state index < -0.39 is 0 Å². The van der Waals surface area contributed by atoms with Gasteiger partial charge in [-0.1, -0.05) is 29.4 Å². The molecular weight excluding hydrogens is 258 g/mol. The van der Waals surface area contributed by atoms with Gasteiger partial charge in [-0.2, -0.15) is 0 Å². The Kier molecular flexibility index (Phi) is 7.13. The Labute approximate surface area is 118 Å². The van der Waals surface area contributed by atoms with Gasteiger partial charge < -0.3 is 21.0 Å². The maximum atomic E-state index is 11.7. The normalized spacial score (nSPS) is 11.3. The molecule has 0 heterocycles. The molecule has 6 heteroatoms. The number of benzene rings is 1. The minimum Gasteiger partial charge on any atom is -0.409 e. The van der Waals surface area contributed by atoms with Crippen molar-refractivity contribution >= 4 is 11.7 Å². The first-order chi connectivity index (χ1) is 9.67. The van der Waals surface area contributed by atoms with Crippen molar-refractivity contribution in [1.29, 1.82) is 0 Å². The van der Waals surface area contributed by atoms with E-state index in [9.17, 15) is 4.79 Å². The lowest BCUT2D eigenvalue weighted by Crippen LogP contribution is -2.26. The summed E-state index contributed by atoms with van der Waals surface area (Å²) >= 11 is 0. The Morgan fingerprint density at radius 3 is 2.70 bits per heavy atom. The first-order valence-electron chi connectivity index (χ1n) is 6.58. The minimum absolute atomic E-state index is 0.0296. The third kappa shape index (κ3) is 5.71. The summed E-state index contributed by atoms with van der Waals surface area (Å²) in [5, 5.41) is 14.3. The van der Waals surface area contributed by atoms with Crippen molar-refractivity contribution in [2.24, 2.45) is 10.9 Å². The van der Waals surface area contributed by atoms with Crippen LogP contribution in [-0.2, 0) is 16.0 Å². The zero-order valence-electron chi connectivity index (χ0n) is 11.6. The van der Waals surface area contributed by atoms with Crippen LogP contribution in [0.5, 0.6) is 0 Å². The number of nitrogens with two attached hydrogens (primary N) is 1. The molecule has 0 saturated heterocycles. The monoisotopic (exact) mass is 279 g/mol. The number of nitrogens with zero attached hydrogens (tertiary/aromatic N) is 1. The van der Waals surface area contributed by atoms with Crippen LogP contribution in [0.2, 0.25) is 0 Å². The van der Waals surface area contributed by atoms with E-state index >= 15 is 0 Å². The van der Waals surface area contributed by atoms with E-state index in [1.807, 2.05) is 6.92 Å². The number of oxime groups is 1. The molecule has 0 atom stereocenters. The van der Waals surface area contributed by atoms with Crippen LogP contribution >= 0.6 is 0 Å². The molecule has 110 valence electrons. The molecule has 0 spiro atoms. The van der Waals surface area contributed by atoms with E-state index in [4.69, 9.17) is 15.7 Å². The summed E-state index contributed by atoms with van der Waals surface area (Å²) in [7, 11) is 0. The highest BCUT2D eigenvalue weighted by Crippen LogP contribution is 2.05. The standard InChI is InChI=1S/C14H21N3O3/c1-2-20-9-3-8-16-13(18)10-11-4-6-12(7-5-11)14(15)17-19/h4-7,19H,2-3,8-10H2,1H3,(H2,15,17)(H,16,18). The van der Waals surface area contributed by atoms with Crippen molar-refractivity contribution in [2.45, 2.75) is 19.8 Å². The Balaban J connectivity index is 2.35. The zero-order chi connectivity index (χ0) is 14.8. The molecule has 0 aliphatic rings. The maximum absolute atomic E-state index is 11.7. The topological polar surface area (TPSA) is 96.9 Å². The third-order valence-electron chi connectivity index (χ3n) is 2.71. The summed E-state index contributed by atoms with van der Waals surface area (Å²) < 4.78 is 5.19. The van der Waals surface area contributed by atoms with Gasteiger partial charge in [-0.15, -0.1) is 0 Å². The Morgan fingerprint density at radius 2 is 2.10 bits per heavy atom. The van der Waals surface area contributed by atoms with Gasteiger partial charge in [-0.3, -0.25) is 4.79 Å². The molecule has 0 aromatic heterocycles. The highest BCUT2D eigenvalue weighted by molar-refractivity contribution is 5.97. The van der Waals surface area contributed by atoms with Crippen LogP contribution in [0.3, 0.4) is 0 Å². The quantitative estimate of drug-likeness (QED) is 0.216. The lowest BCUT2D eigenvalue weighted by atomic mass is 10.1. The van der Waals surface area contributed by atoms with E-state index in [1.165, 1.54) is 0 Å². The fourth-order valence-electron chi connectivity index (χ4n) is 1.65. The maximum Gasteiger partial charge on any atom is 0.224 e. The molecule has 0 radical (unpaired) electrons. The van der Waals surface area contributed by atoms with Gasteiger partial charge in [-0.05, 0) is 18.9 Å². The molecule has 0 unspecified atom stereocenters. The van der Waals surface area contributed by atoms with Crippen molar-refractivity contribution in [3.63, 3.8) is 0 Å². The van der Waals surface area contributed by atoms with Gasteiger partial charge in [0.25, 0.3) is 0 Å². The van der Waals surface area contributed by atoms with Crippen molar-refractivity contribution in [2.75, 3.05) is 19.8 Å². The van der Waals surface area contributed by atoms with E-state index in [0.29, 0.717) is 31.7 Å². The Hall–Kier alpha value is -2.08. The molecule has 0 fully saturated rings. The number of hydrogen-bond acceptors (Lipinski definition) is 4. The van der Waals surface area contributed by atoms with Crippen molar-refractivity contribution < 1.29 is 14.7 Å². The smallest absolute Gasteiger partial charge is 0.224 e. The molecule has 1 amide bonds. The third-order valence-corrected chi connectivity index (χ3v) is 2.71. The second-order valence-electron chi connectivity index (χ2n) is 4.26. The van der Waals surface area contributed by atoms with E-state index in [2.05, 4.69) is 10.5 Å². The molecule has 4 N–H and O–H groups in total. The van der Waals surface area contributed by atoms with E-state index in [-0.39, 0.29) is 11.7 Å². The molecule has 0 bridgehead atoms. The second-order valence-corrected chi connectivity index (χ2v) is 4.26. The highest BCUT2D eigenvalue weighted by Gasteiger charge is 2.04. The molecule has 20 heavy (non-hydrogen) atoms. The van der Waals surface area contributed by atoms with Gasteiger partial charge >= 0.3 is 0 Å². The summed E-state index contributed by atoms with van der Waals surface area (Å²) in [5.41, 5.74) is 6.96. The average molecular weight is 279 g/mol. The predicted molar refractivity (Wildman–Crippen MR) is 76.8 cm³/mol. The summed E-state index contributed by atoms with van der Waals surface area (Å²) in [6.07, 6.45) is 1.12. The molecule has 6 nitrogen and oxygen atoms in total. The van der Waals surface area contributed by atoms with Gasteiger partial charge in [-0.25, -0.2) is 0 Å². The zero-order valence-corrected chi connectivity index (χ0v) is 11.6. The first-order valence-corrected chi connectivity index (χ1v) is 6.58. The largest absolute Gasteiger partial charge is 0.409 e. The van der Waals surface area contributed by atoms with Crippen LogP contribution in [0.25, 0.3) is 0 Å². The van der Waals surface area contributed by atoms with Crippen molar-refractivity contribution in [3.05, 3.63) is 35.4 Å². The molecule has 0 aliphatic heterocycles. The van der Waals surface area contributed by atoms with Crippen LogP contribution in [0.1, 0.15) is 24.5 Å². The van der Waals surface area contributed by atoms with Crippen LogP contribution in [0.15, 0.2) is 29.4 Å². The fourth-order valence-corrected chi connectivity index (χ4v) is 1.65. The van der Waals surface area contributed by atoms with Gasteiger partial charge in [0.15, 0.2) is 5.84 Å². The number of hydrogen-bond donors (Lipinski definition) is 3. The van der Waals surface area contributed by atoms with Crippen molar-refractivity contribution in [3.8, 4) is 0 Å². The molecule has 0 saturated carbocycles. The van der Waals surface area contributed by atoms with Gasteiger partial charge in [0, 0.05) is 25.3 Å². The Bertz CT molecular complexity index is 443. The number of rotatable bonds is 8. The van der Waals surface area contributed by atoms with Gasteiger partial charge in [0.2, 0.25) is 5.91 Å². The minimum atomic E-state index is -0.0296. The van der Waals surface area contributed by atoms with E-state index in [0.717, 1.165) is 12.0 Å². The lowest BCUT2D eigenvalue weighted by Gasteiger charge is -2.06. The lowest BCUT2D eigenvalue weighted by molar-refractivity contribution is -0.120. The number of ether oxygens (including phenoxy) is 1. The number of amidine groups is 1. The number of nitrogens with one attached hydrogen (secondary N) is 1. The SMILES string of the molecule is CCOCCCNC(=O)Cc1ccc(C(N)=NO)cc1. The van der Waals surface area contributed by atoms with Gasteiger partial charge in [0.1, 0.15) is 0 Å². The average Bonchev–Trinajstić information content (AvgIpc) is 2.47. The number of carbonyl (C=O) groups is 1. The highest BCUT2D eigenvalue weighted by atomic mass is 16.5. The van der Waals surface area contributed by atoms with Crippen LogP contribution in [0.4, 0.5) is 0 Å². The summed E-state index contributed by atoms with van der Waals surface area (Å²) in [4.78, 5) is 11.7. The van der Waals surface area contributed by atoms with Crippen LogP contribution in [-0.4, -0.2) is 36.7 Å². The van der Waals surface area contributed by atoms with Crippen LogP contribution in [0, 0.1) is 0 Å². The van der Waals surface area contributed by atoms with Crippen molar-refractivity contribution in [1.82, 2.24) is 5.32 Å². The summed E-state index contributed by atoms with van der Waals surface area (Å²) in [6, 6.07) is 7.00. The first kappa shape index (κ1) is 16.0. The molecule has 1 rings (SSSR count). The van der Waals surface area contributed by atoms with Crippen LogP contribution < -0.4 is 11.1 Å². The second kappa shape index (κ2) is 8.92.